The number of carbonyl (C=O) groups excluding carboxylic acids is 1. The number of anilines is 1. The third-order valence-corrected chi connectivity index (χ3v) is 4.79. The molecule has 0 aliphatic rings. The molecule has 28 heavy (non-hydrogen) atoms. The molecule has 4 rings (SSSR count). The summed E-state index contributed by atoms with van der Waals surface area (Å²) in [7, 11) is 0. The Kier molecular flexibility index (Phi) is 4.69. The number of nitrogens with zero attached hydrogens (tertiary/aromatic N) is 3. The van der Waals surface area contributed by atoms with Gasteiger partial charge in [-0.25, -0.2) is 4.98 Å². The maximum atomic E-state index is 12.8. The van der Waals surface area contributed by atoms with Gasteiger partial charge in [-0.1, -0.05) is 6.07 Å². The van der Waals surface area contributed by atoms with Crippen molar-refractivity contribution in [2.45, 2.75) is 33.2 Å². The number of rotatable bonds is 5. The van der Waals surface area contributed by atoms with E-state index in [2.05, 4.69) is 16.4 Å². The molecular weight excluding hydrogens is 352 g/mol. The molecule has 0 saturated carbocycles. The standard InChI is InChI=1S/C22H22N4O2/c1-15-12-16(2)14-17(13-15)24-20(27)8-5-11-26-21-18(6-3-9-23-21)25-10-4-7-19(25)22(26)28/h3-4,6-7,9-10,12-14H,5,8,11H2,1-2H3,(H,24,27). The summed E-state index contributed by atoms with van der Waals surface area (Å²) in [6.45, 7) is 4.45. The van der Waals surface area contributed by atoms with Crippen LogP contribution in [0.15, 0.2) is 59.7 Å². The van der Waals surface area contributed by atoms with Crippen LogP contribution in [-0.4, -0.2) is 19.9 Å². The van der Waals surface area contributed by atoms with Gasteiger partial charge in [0.05, 0.1) is 5.52 Å². The fourth-order valence-corrected chi connectivity index (χ4v) is 3.66. The number of pyridine rings is 1. The van der Waals surface area contributed by atoms with Crippen LogP contribution in [0.2, 0.25) is 0 Å². The maximum absolute atomic E-state index is 12.8. The van der Waals surface area contributed by atoms with Crippen molar-refractivity contribution in [3.05, 3.63) is 76.3 Å². The van der Waals surface area contributed by atoms with Gasteiger partial charge in [-0.15, -0.1) is 0 Å². The Morgan fingerprint density at radius 2 is 1.82 bits per heavy atom. The molecule has 4 aromatic rings. The number of aryl methyl sites for hydroxylation is 3. The quantitative estimate of drug-likeness (QED) is 0.579. The summed E-state index contributed by atoms with van der Waals surface area (Å²) in [5.41, 5.74) is 5.06. The van der Waals surface area contributed by atoms with Crippen molar-refractivity contribution in [3.63, 3.8) is 0 Å². The first-order valence-electron chi connectivity index (χ1n) is 9.36. The van der Waals surface area contributed by atoms with E-state index in [0.717, 1.165) is 22.3 Å². The van der Waals surface area contributed by atoms with E-state index in [4.69, 9.17) is 0 Å². The Balaban J connectivity index is 1.52. The van der Waals surface area contributed by atoms with Crippen molar-refractivity contribution in [2.24, 2.45) is 0 Å². The second-order valence-corrected chi connectivity index (χ2v) is 7.09. The molecule has 142 valence electrons. The van der Waals surface area contributed by atoms with Gasteiger partial charge < -0.3 is 9.72 Å². The number of carbonyl (C=O) groups is 1. The van der Waals surface area contributed by atoms with E-state index in [1.165, 1.54) is 0 Å². The van der Waals surface area contributed by atoms with E-state index < -0.39 is 0 Å². The monoisotopic (exact) mass is 374 g/mol. The van der Waals surface area contributed by atoms with Crippen LogP contribution in [0.25, 0.3) is 16.7 Å². The number of hydrogen-bond donors (Lipinski definition) is 1. The van der Waals surface area contributed by atoms with Crippen molar-refractivity contribution < 1.29 is 4.79 Å². The molecule has 0 unspecified atom stereocenters. The highest BCUT2D eigenvalue weighted by atomic mass is 16.1. The highest BCUT2D eigenvalue weighted by Gasteiger charge is 2.12. The van der Waals surface area contributed by atoms with Crippen molar-refractivity contribution in [3.8, 4) is 0 Å². The lowest BCUT2D eigenvalue weighted by Crippen LogP contribution is -2.24. The number of nitrogens with one attached hydrogen (secondary N) is 1. The second kappa shape index (κ2) is 7.31. The molecule has 3 heterocycles. The smallest absolute Gasteiger partial charge is 0.276 e. The van der Waals surface area contributed by atoms with Crippen LogP contribution in [0, 0.1) is 13.8 Å². The lowest BCUT2D eigenvalue weighted by atomic mass is 10.1. The Morgan fingerprint density at radius 3 is 2.61 bits per heavy atom. The first kappa shape index (κ1) is 18.0. The average Bonchev–Trinajstić information content (AvgIpc) is 3.14. The number of aromatic nitrogens is 3. The summed E-state index contributed by atoms with van der Waals surface area (Å²) < 4.78 is 3.52. The molecular formula is C22H22N4O2. The van der Waals surface area contributed by atoms with Gasteiger partial charge in [0, 0.05) is 31.0 Å². The van der Waals surface area contributed by atoms with Crippen molar-refractivity contribution in [1.82, 2.24) is 14.0 Å². The zero-order valence-electron chi connectivity index (χ0n) is 16.0. The van der Waals surface area contributed by atoms with E-state index in [9.17, 15) is 9.59 Å². The van der Waals surface area contributed by atoms with Crippen LogP contribution in [0.4, 0.5) is 5.69 Å². The summed E-state index contributed by atoms with van der Waals surface area (Å²) in [5, 5.41) is 2.94. The van der Waals surface area contributed by atoms with Crippen molar-refractivity contribution >= 4 is 28.3 Å². The molecule has 6 heteroatoms. The molecule has 0 saturated heterocycles. The maximum Gasteiger partial charge on any atom is 0.276 e. The first-order valence-corrected chi connectivity index (χ1v) is 9.36. The van der Waals surface area contributed by atoms with Crippen LogP contribution in [0.1, 0.15) is 24.0 Å². The van der Waals surface area contributed by atoms with Crippen molar-refractivity contribution in [1.29, 1.82) is 0 Å². The Hall–Kier alpha value is -3.41. The molecule has 0 atom stereocenters. The Labute approximate surface area is 162 Å². The van der Waals surface area contributed by atoms with Gasteiger partial charge in [0.25, 0.3) is 5.56 Å². The number of hydrogen-bond acceptors (Lipinski definition) is 3. The van der Waals surface area contributed by atoms with Crippen LogP contribution in [0.3, 0.4) is 0 Å². The summed E-state index contributed by atoms with van der Waals surface area (Å²) in [4.78, 5) is 29.6. The predicted molar refractivity (Wildman–Crippen MR) is 111 cm³/mol. The fourth-order valence-electron chi connectivity index (χ4n) is 3.66. The zero-order chi connectivity index (χ0) is 19.7. The topological polar surface area (TPSA) is 68.4 Å². The Morgan fingerprint density at radius 1 is 1.07 bits per heavy atom. The molecule has 1 N–H and O–H groups in total. The molecule has 0 spiro atoms. The summed E-state index contributed by atoms with van der Waals surface area (Å²) in [5.74, 6) is -0.0564. The molecule has 1 amide bonds. The van der Waals surface area contributed by atoms with E-state index in [-0.39, 0.29) is 11.5 Å². The van der Waals surface area contributed by atoms with Gasteiger partial charge in [0.2, 0.25) is 5.91 Å². The van der Waals surface area contributed by atoms with Crippen LogP contribution in [-0.2, 0) is 11.3 Å². The van der Waals surface area contributed by atoms with Gasteiger partial charge in [-0.2, -0.15) is 0 Å². The lowest BCUT2D eigenvalue weighted by molar-refractivity contribution is -0.116. The molecule has 0 aliphatic carbocycles. The molecule has 0 fully saturated rings. The minimum Gasteiger partial charge on any atom is -0.326 e. The summed E-state index contributed by atoms with van der Waals surface area (Å²) in [6, 6.07) is 13.4. The Bertz CT molecular complexity index is 1220. The summed E-state index contributed by atoms with van der Waals surface area (Å²) in [6.07, 6.45) is 4.43. The summed E-state index contributed by atoms with van der Waals surface area (Å²) >= 11 is 0. The lowest BCUT2D eigenvalue weighted by Gasteiger charge is -2.12. The first-order chi connectivity index (χ1) is 13.5. The normalized spacial score (nSPS) is 11.2. The SMILES string of the molecule is Cc1cc(C)cc(NC(=O)CCCn2c(=O)c3cccn3c3cccnc32)c1. The molecule has 1 aromatic carbocycles. The molecule has 6 nitrogen and oxygen atoms in total. The van der Waals surface area contributed by atoms with Crippen molar-refractivity contribution in [2.75, 3.05) is 5.32 Å². The number of benzene rings is 1. The minimum absolute atomic E-state index is 0.0564. The van der Waals surface area contributed by atoms with Crippen LogP contribution in [0.5, 0.6) is 0 Å². The number of fused-ring (bicyclic) bond motifs is 3. The molecule has 0 aliphatic heterocycles. The third-order valence-electron chi connectivity index (χ3n) is 4.79. The van der Waals surface area contributed by atoms with Gasteiger partial charge in [0.15, 0.2) is 5.65 Å². The van der Waals surface area contributed by atoms with Gasteiger partial charge in [-0.05, 0) is 67.8 Å². The molecule has 3 aromatic heterocycles. The van der Waals surface area contributed by atoms with Gasteiger partial charge in [0.1, 0.15) is 5.52 Å². The van der Waals surface area contributed by atoms with Crippen LogP contribution >= 0.6 is 0 Å². The van der Waals surface area contributed by atoms with Gasteiger partial charge in [-0.3, -0.25) is 14.2 Å². The minimum atomic E-state index is -0.0917. The molecule has 0 radical (unpaired) electrons. The van der Waals surface area contributed by atoms with E-state index in [0.29, 0.717) is 30.6 Å². The van der Waals surface area contributed by atoms with Gasteiger partial charge >= 0.3 is 0 Å². The van der Waals surface area contributed by atoms with E-state index >= 15 is 0 Å². The third kappa shape index (κ3) is 3.41. The van der Waals surface area contributed by atoms with E-state index in [1.54, 1.807) is 16.8 Å². The number of amides is 1. The largest absolute Gasteiger partial charge is 0.326 e. The second-order valence-electron chi connectivity index (χ2n) is 7.09. The molecule has 0 bridgehead atoms. The highest BCUT2D eigenvalue weighted by molar-refractivity contribution is 5.90. The highest BCUT2D eigenvalue weighted by Crippen LogP contribution is 2.15. The van der Waals surface area contributed by atoms with E-state index in [1.807, 2.05) is 54.8 Å². The van der Waals surface area contributed by atoms with Crippen LogP contribution < -0.4 is 10.9 Å². The fraction of sp³-hybridized carbons (Fsp3) is 0.227. The average molecular weight is 374 g/mol. The zero-order valence-corrected chi connectivity index (χ0v) is 16.0. The predicted octanol–water partition coefficient (Wildman–Crippen LogP) is 3.68.